The van der Waals surface area contributed by atoms with Crippen molar-refractivity contribution in [1.82, 2.24) is 4.31 Å². The number of anilines is 1. The number of rotatable bonds is 7. The summed E-state index contributed by atoms with van der Waals surface area (Å²) >= 11 is 0. The van der Waals surface area contributed by atoms with Gasteiger partial charge < -0.3 is 14.8 Å². The molecule has 1 heterocycles. The fourth-order valence-corrected chi connectivity index (χ4v) is 5.36. The van der Waals surface area contributed by atoms with Crippen molar-refractivity contribution >= 4 is 21.6 Å². The van der Waals surface area contributed by atoms with Crippen LogP contribution in [-0.2, 0) is 19.6 Å². The first kappa shape index (κ1) is 21.1. The standard InChI is InChI=1S/C20H30N2O5S/c1-26-19-11-10-17(28(24,25)22-12-6-3-7-13-22)14-18(19)21-20(23)15-27-16-8-4-2-5-9-16/h10-11,14,16H,2-9,12-13,15H2,1H3,(H,21,23). The molecular formula is C20H30N2O5S. The van der Waals surface area contributed by atoms with E-state index in [-0.39, 0.29) is 23.5 Å². The maximum absolute atomic E-state index is 12.9. The molecule has 1 aliphatic heterocycles. The second kappa shape index (κ2) is 9.71. The second-order valence-corrected chi connectivity index (χ2v) is 9.38. The first-order valence-corrected chi connectivity index (χ1v) is 11.5. The molecule has 1 saturated carbocycles. The Kier molecular flexibility index (Phi) is 7.31. The molecular weight excluding hydrogens is 380 g/mol. The predicted molar refractivity (Wildman–Crippen MR) is 107 cm³/mol. The fraction of sp³-hybridized carbons (Fsp3) is 0.650. The van der Waals surface area contributed by atoms with Crippen LogP contribution in [0.4, 0.5) is 5.69 Å². The number of carbonyl (C=O) groups is 1. The van der Waals surface area contributed by atoms with Crippen LogP contribution in [0.1, 0.15) is 51.4 Å². The van der Waals surface area contributed by atoms with Crippen LogP contribution in [0, 0.1) is 0 Å². The van der Waals surface area contributed by atoms with E-state index in [1.807, 2.05) is 0 Å². The van der Waals surface area contributed by atoms with Gasteiger partial charge in [-0.2, -0.15) is 4.31 Å². The van der Waals surface area contributed by atoms with Crippen LogP contribution in [0.5, 0.6) is 5.75 Å². The highest BCUT2D eigenvalue weighted by molar-refractivity contribution is 7.89. The monoisotopic (exact) mass is 410 g/mol. The Labute approximate surface area is 167 Å². The van der Waals surface area contributed by atoms with E-state index in [0.29, 0.717) is 24.5 Å². The number of ether oxygens (including phenoxy) is 2. The number of nitrogens with zero attached hydrogens (tertiary/aromatic N) is 1. The molecule has 1 aromatic rings. The molecule has 1 amide bonds. The summed E-state index contributed by atoms with van der Waals surface area (Å²) in [6.45, 7) is 1.02. The minimum Gasteiger partial charge on any atom is -0.495 e. The summed E-state index contributed by atoms with van der Waals surface area (Å²) in [7, 11) is -2.09. The molecule has 7 nitrogen and oxygen atoms in total. The van der Waals surface area contributed by atoms with Crippen molar-refractivity contribution in [2.75, 3.05) is 32.1 Å². The van der Waals surface area contributed by atoms with Crippen LogP contribution >= 0.6 is 0 Å². The number of amides is 1. The van der Waals surface area contributed by atoms with Crippen molar-refractivity contribution in [1.29, 1.82) is 0 Å². The zero-order valence-corrected chi connectivity index (χ0v) is 17.3. The van der Waals surface area contributed by atoms with E-state index in [1.54, 1.807) is 6.07 Å². The molecule has 0 atom stereocenters. The van der Waals surface area contributed by atoms with Crippen LogP contribution in [0.3, 0.4) is 0 Å². The van der Waals surface area contributed by atoms with Gasteiger partial charge in [0.2, 0.25) is 15.9 Å². The van der Waals surface area contributed by atoms with Crippen molar-refractivity contribution in [2.45, 2.75) is 62.4 Å². The molecule has 2 fully saturated rings. The average molecular weight is 411 g/mol. The molecule has 0 radical (unpaired) electrons. The summed E-state index contributed by atoms with van der Waals surface area (Å²) in [6, 6.07) is 4.58. The summed E-state index contributed by atoms with van der Waals surface area (Å²) in [4.78, 5) is 12.5. The molecule has 0 spiro atoms. The van der Waals surface area contributed by atoms with Crippen LogP contribution in [0.15, 0.2) is 23.1 Å². The van der Waals surface area contributed by atoms with Gasteiger partial charge in [-0.3, -0.25) is 4.79 Å². The quantitative estimate of drug-likeness (QED) is 0.746. The lowest BCUT2D eigenvalue weighted by atomic mass is 9.98. The summed E-state index contributed by atoms with van der Waals surface area (Å²) in [5.74, 6) is 0.111. The van der Waals surface area contributed by atoms with Crippen molar-refractivity contribution < 1.29 is 22.7 Å². The molecule has 1 aromatic carbocycles. The van der Waals surface area contributed by atoms with E-state index < -0.39 is 10.0 Å². The van der Waals surface area contributed by atoms with E-state index in [2.05, 4.69) is 5.32 Å². The topological polar surface area (TPSA) is 84.9 Å². The smallest absolute Gasteiger partial charge is 0.250 e. The van der Waals surface area contributed by atoms with E-state index in [4.69, 9.17) is 9.47 Å². The molecule has 3 rings (SSSR count). The van der Waals surface area contributed by atoms with E-state index in [9.17, 15) is 13.2 Å². The molecule has 1 saturated heterocycles. The fourth-order valence-electron chi connectivity index (χ4n) is 3.81. The number of sulfonamides is 1. The third-order valence-corrected chi connectivity index (χ3v) is 7.29. The lowest BCUT2D eigenvalue weighted by Gasteiger charge is -2.26. The molecule has 1 aliphatic carbocycles. The Morgan fingerprint density at radius 2 is 1.79 bits per heavy atom. The molecule has 2 aliphatic rings. The van der Waals surface area contributed by atoms with Crippen LogP contribution in [-0.4, -0.2) is 51.5 Å². The number of hydrogen-bond acceptors (Lipinski definition) is 5. The van der Waals surface area contributed by atoms with Crippen LogP contribution in [0.25, 0.3) is 0 Å². The third-order valence-electron chi connectivity index (χ3n) is 5.40. The number of piperidine rings is 1. The third kappa shape index (κ3) is 5.24. The Morgan fingerprint density at radius 1 is 1.11 bits per heavy atom. The van der Waals surface area contributed by atoms with Crippen LogP contribution < -0.4 is 10.1 Å². The Hall–Kier alpha value is -1.64. The molecule has 0 unspecified atom stereocenters. The zero-order chi connectivity index (χ0) is 20.0. The number of carbonyl (C=O) groups excluding carboxylic acids is 1. The Balaban J connectivity index is 1.69. The summed E-state index contributed by atoms with van der Waals surface area (Å²) in [5.41, 5.74) is 0.345. The van der Waals surface area contributed by atoms with Crippen LogP contribution in [0.2, 0.25) is 0 Å². The summed E-state index contributed by atoms with van der Waals surface area (Å²) in [5, 5.41) is 2.74. The number of benzene rings is 1. The normalized spacial score (nSPS) is 19.3. The van der Waals surface area contributed by atoms with Gasteiger partial charge >= 0.3 is 0 Å². The maximum Gasteiger partial charge on any atom is 0.250 e. The molecule has 28 heavy (non-hydrogen) atoms. The number of hydrogen-bond donors (Lipinski definition) is 1. The first-order valence-electron chi connectivity index (χ1n) is 10.1. The van der Waals surface area contributed by atoms with Gasteiger partial charge in [-0.1, -0.05) is 25.7 Å². The van der Waals surface area contributed by atoms with Gasteiger partial charge in [-0.05, 0) is 43.9 Å². The maximum atomic E-state index is 12.9. The van der Waals surface area contributed by atoms with Gasteiger partial charge in [0.15, 0.2) is 0 Å². The minimum absolute atomic E-state index is 0.0447. The highest BCUT2D eigenvalue weighted by Gasteiger charge is 2.27. The Bertz CT molecular complexity index is 769. The van der Waals surface area contributed by atoms with Gasteiger partial charge in [0.1, 0.15) is 12.4 Å². The van der Waals surface area contributed by atoms with E-state index >= 15 is 0 Å². The van der Waals surface area contributed by atoms with Gasteiger partial charge in [0.05, 0.1) is 23.8 Å². The van der Waals surface area contributed by atoms with E-state index in [1.165, 1.54) is 30.0 Å². The SMILES string of the molecule is COc1ccc(S(=O)(=O)N2CCCCC2)cc1NC(=O)COC1CCCCC1. The van der Waals surface area contributed by atoms with Gasteiger partial charge in [-0.25, -0.2) is 8.42 Å². The number of methoxy groups -OCH3 is 1. The molecule has 0 bridgehead atoms. The van der Waals surface area contributed by atoms with Crippen molar-refractivity contribution in [3.8, 4) is 5.75 Å². The van der Waals surface area contributed by atoms with Crippen molar-refractivity contribution in [3.05, 3.63) is 18.2 Å². The average Bonchev–Trinajstić information content (AvgIpc) is 2.73. The molecule has 0 aromatic heterocycles. The number of nitrogens with one attached hydrogen (secondary N) is 1. The molecule has 8 heteroatoms. The Morgan fingerprint density at radius 3 is 2.46 bits per heavy atom. The first-order chi connectivity index (χ1) is 13.5. The van der Waals surface area contributed by atoms with Crippen molar-refractivity contribution in [3.63, 3.8) is 0 Å². The van der Waals surface area contributed by atoms with Gasteiger partial charge in [0, 0.05) is 13.1 Å². The second-order valence-electron chi connectivity index (χ2n) is 7.45. The van der Waals surface area contributed by atoms with Gasteiger partial charge in [-0.15, -0.1) is 0 Å². The molecule has 1 N–H and O–H groups in total. The minimum atomic E-state index is -3.58. The lowest BCUT2D eigenvalue weighted by Crippen LogP contribution is -2.35. The largest absolute Gasteiger partial charge is 0.495 e. The zero-order valence-electron chi connectivity index (χ0n) is 16.5. The lowest BCUT2D eigenvalue weighted by molar-refractivity contribution is -0.123. The summed E-state index contributed by atoms with van der Waals surface area (Å²) < 4.78 is 38.3. The van der Waals surface area contributed by atoms with Gasteiger partial charge in [0.25, 0.3) is 0 Å². The highest BCUT2D eigenvalue weighted by atomic mass is 32.2. The van der Waals surface area contributed by atoms with E-state index in [0.717, 1.165) is 44.9 Å². The molecule has 156 valence electrons. The predicted octanol–water partition coefficient (Wildman–Crippen LogP) is 3.16. The summed E-state index contributed by atoms with van der Waals surface area (Å²) in [6.07, 6.45) is 8.40. The highest BCUT2D eigenvalue weighted by Crippen LogP contribution is 2.30. The van der Waals surface area contributed by atoms with Crippen molar-refractivity contribution in [2.24, 2.45) is 0 Å².